The third kappa shape index (κ3) is 22.1. The summed E-state index contributed by atoms with van der Waals surface area (Å²) < 4.78 is 5.32. The Morgan fingerprint density at radius 2 is 0.964 bits per heavy atom. The third-order valence-corrected chi connectivity index (χ3v) is 5.53. The molecule has 0 rings (SSSR count). The van der Waals surface area contributed by atoms with Crippen LogP contribution >= 0.6 is 0 Å². The van der Waals surface area contributed by atoms with Crippen molar-refractivity contribution in [3.8, 4) is 0 Å². The monoisotopic (exact) mass is 401 g/mol. The molecular weight excluding hydrogens is 350 g/mol. The third-order valence-electron chi connectivity index (χ3n) is 5.53. The predicted molar refractivity (Wildman–Crippen MR) is 121 cm³/mol. The van der Waals surface area contributed by atoms with E-state index in [0.29, 0.717) is 13.2 Å². The second-order valence-electron chi connectivity index (χ2n) is 8.20. The van der Waals surface area contributed by atoms with Gasteiger partial charge in [0.05, 0.1) is 26.4 Å². The normalized spacial score (nSPS) is 11.6. The molecule has 0 aliphatic heterocycles. The first-order valence-corrected chi connectivity index (χ1v) is 12.4. The summed E-state index contributed by atoms with van der Waals surface area (Å²) in [7, 11) is 0. The molecule has 0 amide bonds. The van der Waals surface area contributed by atoms with E-state index < -0.39 is 0 Å². The maximum atomic E-state index is 9.15. The molecule has 0 saturated carbocycles. The molecule has 0 radical (unpaired) electrons. The molecule has 0 heterocycles. The lowest BCUT2D eigenvalue weighted by Gasteiger charge is -2.21. The van der Waals surface area contributed by atoms with Crippen molar-refractivity contribution in [1.29, 1.82) is 0 Å². The second kappa shape index (κ2) is 24.9. The highest BCUT2D eigenvalue weighted by Gasteiger charge is 2.04. The van der Waals surface area contributed by atoms with Gasteiger partial charge in [-0.3, -0.25) is 4.90 Å². The maximum absolute atomic E-state index is 9.15. The summed E-state index contributed by atoms with van der Waals surface area (Å²) in [4.78, 5) is 2.27. The quantitative estimate of drug-likeness (QED) is 0.208. The Kier molecular flexibility index (Phi) is 24.7. The van der Waals surface area contributed by atoms with Crippen LogP contribution in [0.5, 0.6) is 0 Å². The summed E-state index contributed by atoms with van der Waals surface area (Å²) >= 11 is 0. The van der Waals surface area contributed by atoms with Gasteiger partial charge in [-0.25, -0.2) is 0 Å². The van der Waals surface area contributed by atoms with Crippen molar-refractivity contribution in [2.75, 3.05) is 46.1 Å². The zero-order valence-corrected chi connectivity index (χ0v) is 19.0. The smallest absolute Gasteiger partial charge is 0.0698 e. The standard InChI is InChI=1S/C24H51NO3/c1-2-3-4-5-6-7-8-9-10-11-12-13-14-15-16-17-18-25(19-21-26)20-23-28-24-22-27/h26-27H,2-24H2,1H3. The van der Waals surface area contributed by atoms with Gasteiger partial charge in [-0.15, -0.1) is 0 Å². The average molecular weight is 402 g/mol. The Balaban J connectivity index is 3.26. The van der Waals surface area contributed by atoms with E-state index in [4.69, 9.17) is 14.9 Å². The Labute approximate surface area is 176 Å². The summed E-state index contributed by atoms with van der Waals surface area (Å²) in [5.41, 5.74) is 0. The molecule has 4 heteroatoms. The van der Waals surface area contributed by atoms with E-state index in [0.717, 1.165) is 19.6 Å². The lowest BCUT2D eigenvalue weighted by atomic mass is 10.0. The number of aliphatic hydroxyl groups excluding tert-OH is 2. The van der Waals surface area contributed by atoms with Gasteiger partial charge in [-0.1, -0.05) is 103 Å². The van der Waals surface area contributed by atoms with Crippen LogP contribution in [0.25, 0.3) is 0 Å². The van der Waals surface area contributed by atoms with Crippen molar-refractivity contribution in [3.63, 3.8) is 0 Å². The van der Waals surface area contributed by atoms with Gasteiger partial charge >= 0.3 is 0 Å². The summed E-state index contributed by atoms with van der Waals surface area (Å²) in [5, 5.41) is 17.9. The molecule has 0 spiro atoms. The first-order chi connectivity index (χ1) is 13.8. The first kappa shape index (κ1) is 27.8. The van der Waals surface area contributed by atoms with E-state index in [1.165, 1.54) is 103 Å². The fourth-order valence-corrected chi connectivity index (χ4v) is 3.72. The van der Waals surface area contributed by atoms with E-state index in [1.54, 1.807) is 0 Å². The van der Waals surface area contributed by atoms with Crippen LogP contribution in [0, 0.1) is 0 Å². The molecule has 0 aromatic heterocycles. The zero-order valence-electron chi connectivity index (χ0n) is 19.0. The molecule has 4 nitrogen and oxygen atoms in total. The molecule has 0 saturated heterocycles. The van der Waals surface area contributed by atoms with Crippen molar-refractivity contribution in [2.45, 2.75) is 110 Å². The van der Waals surface area contributed by atoms with Crippen molar-refractivity contribution < 1.29 is 14.9 Å². The largest absolute Gasteiger partial charge is 0.395 e. The minimum atomic E-state index is 0.0825. The number of hydrogen-bond acceptors (Lipinski definition) is 4. The Morgan fingerprint density at radius 1 is 0.500 bits per heavy atom. The van der Waals surface area contributed by atoms with E-state index in [-0.39, 0.29) is 13.2 Å². The van der Waals surface area contributed by atoms with Crippen molar-refractivity contribution >= 4 is 0 Å². The van der Waals surface area contributed by atoms with Crippen LogP contribution < -0.4 is 0 Å². The topological polar surface area (TPSA) is 52.9 Å². The molecular formula is C24H51NO3. The van der Waals surface area contributed by atoms with E-state index >= 15 is 0 Å². The molecule has 0 unspecified atom stereocenters. The molecule has 0 aromatic carbocycles. The van der Waals surface area contributed by atoms with Crippen LogP contribution in [-0.4, -0.2) is 61.2 Å². The van der Waals surface area contributed by atoms with Crippen molar-refractivity contribution in [3.05, 3.63) is 0 Å². The van der Waals surface area contributed by atoms with Crippen LogP contribution in [-0.2, 0) is 4.74 Å². The van der Waals surface area contributed by atoms with Crippen LogP contribution in [0.2, 0.25) is 0 Å². The van der Waals surface area contributed by atoms with Gasteiger partial charge in [0.15, 0.2) is 0 Å². The predicted octanol–water partition coefficient (Wildman–Crippen LogP) is 5.55. The van der Waals surface area contributed by atoms with Gasteiger partial charge < -0.3 is 14.9 Å². The van der Waals surface area contributed by atoms with Gasteiger partial charge in [-0.2, -0.15) is 0 Å². The van der Waals surface area contributed by atoms with Gasteiger partial charge in [0.1, 0.15) is 0 Å². The van der Waals surface area contributed by atoms with Crippen LogP contribution in [0.15, 0.2) is 0 Å². The molecule has 0 bridgehead atoms. The van der Waals surface area contributed by atoms with Gasteiger partial charge in [0.2, 0.25) is 0 Å². The van der Waals surface area contributed by atoms with Gasteiger partial charge in [0, 0.05) is 13.1 Å². The molecule has 0 fully saturated rings. The molecule has 28 heavy (non-hydrogen) atoms. The number of nitrogens with zero attached hydrogens (tertiary/aromatic N) is 1. The van der Waals surface area contributed by atoms with Crippen LogP contribution in [0.3, 0.4) is 0 Å². The number of ether oxygens (including phenoxy) is 1. The fourth-order valence-electron chi connectivity index (χ4n) is 3.72. The Hall–Kier alpha value is -0.160. The van der Waals surface area contributed by atoms with Gasteiger partial charge in [0.25, 0.3) is 0 Å². The molecule has 0 aromatic rings. The van der Waals surface area contributed by atoms with Crippen molar-refractivity contribution in [2.24, 2.45) is 0 Å². The SMILES string of the molecule is CCCCCCCCCCCCCCCCCCN(CCO)CCOCCO. The molecule has 0 atom stereocenters. The minimum absolute atomic E-state index is 0.0825. The highest BCUT2D eigenvalue weighted by Crippen LogP contribution is 2.13. The molecule has 0 aliphatic rings. The first-order valence-electron chi connectivity index (χ1n) is 12.4. The van der Waals surface area contributed by atoms with E-state index in [9.17, 15) is 0 Å². The van der Waals surface area contributed by atoms with Crippen molar-refractivity contribution in [1.82, 2.24) is 4.90 Å². The maximum Gasteiger partial charge on any atom is 0.0698 e. The molecule has 2 N–H and O–H groups in total. The summed E-state index contributed by atoms with van der Waals surface area (Å²) in [6.45, 7) is 6.23. The summed E-state index contributed by atoms with van der Waals surface area (Å²) in [5.74, 6) is 0. The average Bonchev–Trinajstić information content (AvgIpc) is 2.70. The van der Waals surface area contributed by atoms with Crippen LogP contribution in [0.1, 0.15) is 110 Å². The number of unbranched alkanes of at least 4 members (excludes halogenated alkanes) is 15. The Bertz CT molecular complexity index is 277. The number of hydrogen-bond donors (Lipinski definition) is 2. The highest BCUT2D eigenvalue weighted by atomic mass is 16.5. The number of aliphatic hydroxyl groups is 2. The zero-order chi connectivity index (χ0) is 20.5. The van der Waals surface area contributed by atoms with E-state index in [2.05, 4.69) is 11.8 Å². The van der Waals surface area contributed by atoms with Gasteiger partial charge in [-0.05, 0) is 13.0 Å². The van der Waals surface area contributed by atoms with Crippen LogP contribution in [0.4, 0.5) is 0 Å². The summed E-state index contributed by atoms with van der Waals surface area (Å²) in [6, 6.07) is 0. The fraction of sp³-hybridized carbons (Fsp3) is 1.00. The minimum Gasteiger partial charge on any atom is -0.395 e. The Morgan fingerprint density at radius 3 is 1.39 bits per heavy atom. The summed E-state index contributed by atoms with van der Waals surface area (Å²) in [6.07, 6.45) is 22.3. The lowest BCUT2D eigenvalue weighted by Crippen LogP contribution is -2.31. The number of rotatable bonds is 24. The van der Waals surface area contributed by atoms with E-state index in [1.807, 2.05) is 0 Å². The lowest BCUT2D eigenvalue weighted by molar-refractivity contribution is 0.0689. The second-order valence-corrected chi connectivity index (χ2v) is 8.20. The molecule has 170 valence electrons. The highest BCUT2D eigenvalue weighted by molar-refractivity contribution is 4.58. The molecule has 0 aliphatic carbocycles.